The zero-order valence-electron chi connectivity index (χ0n) is 14.0. The smallest absolute Gasteiger partial charge is 0.0644 e. The predicted octanol–water partition coefficient (Wildman–Crippen LogP) is 3.43. The lowest BCUT2D eigenvalue weighted by Gasteiger charge is -2.20. The fourth-order valence-electron chi connectivity index (χ4n) is 2.79. The van der Waals surface area contributed by atoms with Crippen molar-refractivity contribution in [2.75, 3.05) is 6.61 Å². The van der Waals surface area contributed by atoms with Gasteiger partial charge in [-0.05, 0) is 37.6 Å². The molecular formula is C17H27N3OS. The van der Waals surface area contributed by atoms with Crippen LogP contribution in [0.1, 0.15) is 48.1 Å². The molecular weight excluding hydrogens is 294 g/mol. The number of thiophene rings is 1. The van der Waals surface area contributed by atoms with Crippen LogP contribution in [0, 0.1) is 19.8 Å². The SMILES string of the molecule is Cc1nn(CCO)c(C)c1CNC(CC(C)C)c1cccs1. The summed E-state index contributed by atoms with van der Waals surface area (Å²) in [5.41, 5.74) is 3.44. The van der Waals surface area contributed by atoms with Gasteiger partial charge in [0.25, 0.3) is 0 Å². The number of nitrogens with zero attached hydrogens (tertiary/aromatic N) is 2. The Morgan fingerprint density at radius 2 is 2.14 bits per heavy atom. The van der Waals surface area contributed by atoms with Gasteiger partial charge in [0.1, 0.15) is 0 Å². The Labute approximate surface area is 137 Å². The Morgan fingerprint density at radius 1 is 1.36 bits per heavy atom. The van der Waals surface area contributed by atoms with E-state index in [1.54, 1.807) is 0 Å². The average Bonchev–Trinajstić information content (AvgIpc) is 3.06. The van der Waals surface area contributed by atoms with Gasteiger partial charge in [0.05, 0.1) is 18.8 Å². The van der Waals surface area contributed by atoms with Crippen LogP contribution < -0.4 is 5.32 Å². The second kappa shape index (κ2) is 7.90. The Morgan fingerprint density at radius 3 is 2.73 bits per heavy atom. The Balaban J connectivity index is 2.09. The summed E-state index contributed by atoms with van der Waals surface area (Å²) in [6.07, 6.45) is 1.13. The van der Waals surface area contributed by atoms with E-state index in [1.807, 2.05) is 22.9 Å². The maximum atomic E-state index is 9.11. The summed E-state index contributed by atoms with van der Waals surface area (Å²) in [6.45, 7) is 10.2. The normalized spacial score (nSPS) is 13.0. The molecule has 2 heterocycles. The van der Waals surface area contributed by atoms with E-state index in [4.69, 9.17) is 5.11 Å². The molecule has 0 fully saturated rings. The highest BCUT2D eigenvalue weighted by atomic mass is 32.1. The van der Waals surface area contributed by atoms with Crippen molar-refractivity contribution in [3.63, 3.8) is 0 Å². The molecule has 0 aliphatic heterocycles. The van der Waals surface area contributed by atoms with E-state index >= 15 is 0 Å². The maximum absolute atomic E-state index is 9.11. The maximum Gasteiger partial charge on any atom is 0.0644 e. The van der Waals surface area contributed by atoms with Gasteiger partial charge in [-0.1, -0.05) is 19.9 Å². The highest BCUT2D eigenvalue weighted by molar-refractivity contribution is 7.10. The standard InChI is InChI=1S/C17H27N3OS/c1-12(2)10-16(17-6-5-9-22-17)18-11-15-13(3)19-20(7-8-21)14(15)4/h5-6,9,12,16,18,21H,7-8,10-11H2,1-4H3. The fourth-order valence-corrected chi connectivity index (χ4v) is 3.60. The minimum absolute atomic E-state index is 0.125. The lowest BCUT2D eigenvalue weighted by molar-refractivity contribution is 0.267. The topological polar surface area (TPSA) is 50.1 Å². The molecule has 0 spiro atoms. The number of aliphatic hydroxyl groups excluding tert-OH is 1. The van der Waals surface area contributed by atoms with Gasteiger partial charge in [-0.2, -0.15) is 5.10 Å². The van der Waals surface area contributed by atoms with E-state index < -0.39 is 0 Å². The number of rotatable bonds is 8. The Bertz CT molecular complexity index is 575. The monoisotopic (exact) mass is 321 g/mol. The molecule has 0 aliphatic rings. The quantitative estimate of drug-likeness (QED) is 0.783. The molecule has 1 unspecified atom stereocenters. The molecule has 0 aromatic carbocycles. The highest BCUT2D eigenvalue weighted by Crippen LogP contribution is 2.26. The second-order valence-corrected chi connectivity index (χ2v) is 7.15. The molecule has 122 valence electrons. The molecule has 0 saturated carbocycles. The summed E-state index contributed by atoms with van der Waals surface area (Å²) in [6, 6.07) is 4.71. The summed E-state index contributed by atoms with van der Waals surface area (Å²) in [7, 11) is 0. The summed E-state index contributed by atoms with van der Waals surface area (Å²) >= 11 is 1.81. The molecule has 0 aliphatic carbocycles. The first kappa shape index (κ1) is 17.2. The number of hydrogen-bond donors (Lipinski definition) is 2. The summed E-state index contributed by atoms with van der Waals surface area (Å²) in [4.78, 5) is 1.40. The molecule has 2 aromatic heterocycles. The highest BCUT2D eigenvalue weighted by Gasteiger charge is 2.17. The Kier molecular flexibility index (Phi) is 6.17. The van der Waals surface area contributed by atoms with E-state index in [0.29, 0.717) is 18.5 Å². The van der Waals surface area contributed by atoms with Gasteiger partial charge in [-0.15, -0.1) is 11.3 Å². The third kappa shape index (κ3) is 4.18. The second-order valence-electron chi connectivity index (χ2n) is 6.17. The minimum atomic E-state index is 0.125. The van der Waals surface area contributed by atoms with Gasteiger partial charge < -0.3 is 10.4 Å². The van der Waals surface area contributed by atoms with Gasteiger partial charge in [-0.25, -0.2) is 0 Å². The number of aromatic nitrogens is 2. The average molecular weight is 321 g/mol. The van der Waals surface area contributed by atoms with E-state index in [1.165, 1.54) is 10.4 Å². The first-order valence-electron chi connectivity index (χ1n) is 7.93. The molecule has 5 heteroatoms. The van der Waals surface area contributed by atoms with Crippen molar-refractivity contribution in [2.45, 2.75) is 53.2 Å². The fraction of sp³-hybridized carbons (Fsp3) is 0.588. The first-order chi connectivity index (χ1) is 10.5. The van der Waals surface area contributed by atoms with Crippen molar-refractivity contribution in [3.8, 4) is 0 Å². The predicted molar refractivity (Wildman–Crippen MR) is 92.1 cm³/mol. The number of aryl methyl sites for hydroxylation is 1. The van der Waals surface area contributed by atoms with Gasteiger partial charge in [0, 0.05) is 28.7 Å². The molecule has 0 saturated heterocycles. The van der Waals surface area contributed by atoms with Crippen molar-refractivity contribution in [2.24, 2.45) is 5.92 Å². The number of nitrogens with one attached hydrogen (secondary N) is 1. The van der Waals surface area contributed by atoms with Gasteiger partial charge >= 0.3 is 0 Å². The van der Waals surface area contributed by atoms with Crippen LogP contribution in [0.2, 0.25) is 0 Å². The van der Waals surface area contributed by atoms with Crippen molar-refractivity contribution in [3.05, 3.63) is 39.3 Å². The molecule has 1 atom stereocenters. The van der Waals surface area contributed by atoms with E-state index in [9.17, 15) is 0 Å². The Hall–Kier alpha value is -1.17. The van der Waals surface area contributed by atoms with E-state index in [2.05, 4.69) is 48.7 Å². The van der Waals surface area contributed by atoms with Crippen LogP contribution in [0.25, 0.3) is 0 Å². The van der Waals surface area contributed by atoms with Gasteiger partial charge in [-0.3, -0.25) is 4.68 Å². The molecule has 4 nitrogen and oxygen atoms in total. The number of aliphatic hydroxyl groups is 1. The molecule has 0 radical (unpaired) electrons. The first-order valence-corrected chi connectivity index (χ1v) is 8.81. The summed E-state index contributed by atoms with van der Waals surface area (Å²) < 4.78 is 1.90. The minimum Gasteiger partial charge on any atom is -0.394 e. The van der Waals surface area contributed by atoms with Gasteiger partial charge in [0.15, 0.2) is 0 Å². The zero-order chi connectivity index (χ0) is 16.1. The molecule has 2 rings (SSSR count). The largest absolute Gasteiger partial charge is 0.394 e. The van der Waals surface area contributed by atoms with Crippen LogP contribution in [0.15, 0.2) is 17.5 Å². The molecule has 0 amide bonds. The molecule has 2 aromatic rings. The van der Waals surface area contributed by atoms with Crippen molar-refractivity contribution in [1.82, 2.24) is 15.1 Å². The third-order valence-corrected chi connectivity index (χ3v) is 4.95. The molecule has 2 N–H and O–H groups in total. The van der Waals surface area contributed by atoms with Crippen molar-refractivity contribution in [1.29, 1.82) is 0 Å². The van der Waals surface area contributed by atoms with Crippen LogP contribution in [0.5, 0.6) is 0 Å². The lowest BCUT2D eigenvalue weighted by Crippen LogP contribution is -2.22. The lowest BCUT2D eigenvalue weighted by atomic mass is 10.0. The number of hydrogen-bond acceptors (Lipinski definition) is 4. The van der Waals surface area contributed by atoms with Crippen LogP contribution in [0.3, 0.4) is 0 Å². The van der Waals surface area contributed by atoms with Crippen LogP contribution in [-0.2, 0) is 13.1 Å². The van der Waals surface area contributed by atoms with E-state index in [-0.39, 0.29) is 6.61 Å². The zero-order valence-corrected chi connectivity index (χ0v) is 14.8. The summed E-state index contributed by atoms with van der Waals surface area (Å²) in [5, 5.41) is 19.5. The van der Waals surface area contributed by atoms with Gasteiger partial charge in [0.2, 0.25) is 0 Å². The third-order valence-electron chi connectivity index (χ3n) is 3.96. The van der Waals surface area contributed by atoms with Crippen molar-refractivity contribution < 1.29 is 5.11 Å². The van der Waals surface area contributed by atoms with Crippen LogP contribution >= 0.6 is 11.3 Å². The van der Waals surface area contributed by atoms with Crippen molar-refractivity contribution >= 4 is 11.3 Å². The molecule has 0 bridgehead atoms. The molecule has 22 heavy (non-hydrogen) atoms. The van der Waals surface area contributed by atoms with Crippen LogP contribution in [-0.4, -0.2) is 21.5 Å². The van der Waals surface area contributed by atoms with E-state index in [0.717, 1.165) is 24.4 Å². The summed E-state index contributed by atoms with van der Waals surface area (Å²) in [5.74, 6) is 0.652. The van der Waals surface area contributed by atoms with Crippen LogP contribution in [0.4, 0.5) is 0 Å².